The maximum atomic E-state index is 6.33. The summed E-state index contributed by atoms with van der Waals surface area (Å²) in [6, 6.07) is 8.81. The van der Waals surface area contributed by atoms with Crippen molar-refractivity contribution in [1.82, 2.24) is 0 Å². The molecule has 1 aromatic carbocycles. The van der Waals surface area contributed by atoms with E-state index in [2.05, 4.69) is 61.0 Å². The Hall–Kier alpha value is -0.500. The Morgan fingerprint density at radius 1 is 1.19 bits per heavy atom. The van der Waals surface area contributed by atoms with Gasteiger partial charge in [-0.05, 0) is 48.8 Å². The van der Waals surface area contributed by atoms with Gasteiger partial charge in [-0.3, -0.25) is 0 Å². The maximum absolute atomic E-state index is 6.33. The number of halogens is 1. The van der Waals surface area contributed by atoms with Crippen LogP contribution in [-0.2, 0) is 5.41 Å². The molecule has 0 bridgehead atoms. The molecule has 2 atom stereocenters. The van der Waals surface area contributed by atoms with Gasteiger partial charge >= 0.3 is 0 Å². The molecule has 0 aromatic heterocycles. The number of hydrogen-bond acceptors (Lipinski definition) is 1. The molecular formula is C19H27BrO. The second kappa shape index (κ2) is 5.61. The minimum absolute atomic E-state index is 0.253. The van der Waals surface area contributed by atoms with Crippen molar-refractivity contribution in [2.75, 3.05) is 0 Å². The summed E-state index contributed by atoms with van der Waals surface area (Å²) in [4.78, 5) is 0.663. The fraction of sp³-hybridized carbons (Fsp3) is 0.684. The van der Waals surface area contributed by atoms with Crippen LogP contribution in [0.2, 0.25) is 0 Å². The molecule has 3 rings (SSSR count). The first-order valence-electron chi connectivity index (χ1n) is 8.39. The van der Waals surface area contributed by atoms with Crippen LogP contribution in [-0.4, -0.2) is 10.9 Å². The van der Waals surface area contributed by atoms with Gasteiger partial charge in [0.05, 0.1) is 0 Å². The van der Waals surface area contributed by atoms with Gasteiger partial charge in [0.2, 0.25) is 0 Å². The van der Waals surface area contributed by atoms with Gasteiger partial charge in [-0.2, -0.15) is 0 Å². The van der Waals surface area contributed by atoms with Gasteiger partial charge in [0.15, 0.2) is 0 Å². The predicted molar refractivity (Wildman–Crippen MR) is 92.4 cm³/mol. The molecule has 1 nitrogen and oxygen atoms in total. The van der Waals surface area contributed by atoms with Crippen molar-refractivity contribution in [2.45, 2.75) is 75.6 Å². The number of benzene rings is 1. The molecule has 2 aliphatic rings. The molecule has 2 unspecified atom stereocenters. The second-order valence-corrected chi connectivity index (χ2v) is 8.62. The van der Waals surface area contributed by atoms with E-state index in [4.69, 9.17) is 4.74 Å². The molecule has 2 aliphatic carbocycles. The molecule has 116 valence electrons. The van der Waals surface area contributed by atoms with Gasteiger partial charge in [-0.15, -0.1) is 0 Å². The Labute approximate surface area is 137 Å². The van der Waals surface area contributed by atoms with Crippen LogP contribution in [0, 0.1) is 5.41 Å². The molecule has 21 heavy (non-hydrogen) atoms. The third-order valence-electron chi connectivity index (χ3n) is 6.02. The van der Waals surface area contributed by atoms with Gasteiger partial charge in [0.25, 0.3) is 0 Å². The molecule has 1 aromatic rings. The Morgan fingerprint density at radius 3 is 2.33 bits per heavy atom. The number of hydrogen-bond donors (Lipinski definition) is 0. The van der Waals surface area contributed by atoms with Crippen LogP contribution in [0.3, 0.4) is 0 Å². The lowest BCUT2D eigenvalue weighted by molar-refractivity contribution is -0.0304. The van der Waals surface area contributed by atoms with Gasteiger partial charge in [-0.1, -0.05) is 61.7 Å². The highest BCUT2D eigenvalue weighted by molar-refractivity contribution is 9.09. The van der Waals surface area contributed by atoms with E-state index in [1.807, 2.05) is 0 Å². The summed E-state index contributed by atoms with van der Waals surface area (Å²) in [6.07, 6.45) is 8.11. The monoisotopic (exact) mass is 350 g/mol. The molecule has 0 amide bonds. The van der Waals surface area contributed by atoms with E-state index in [0.29, 0.717) is 16.3 Å². The molecule has 0 radical (unpaired) electrons. The van der Waals surface area contributed by atoms with Crippen molar-refractivity contribution >= 4 is 15.9 Å². The highest BCUT2D eigenvalue weighted by Gasteiger charge is 2.56. The molecule has 1 spiro atoms. The largest absolute Gasteiger partial charge is 0.490 e. The van der Waals surface area contributed by atoms with E-state index >= 15 is 0 Å². The maximum Gasteiger partial charge on any atom is 0.119 e. The zero-order valence-electron chi connectivity index (χ0n) is 13.5. The van der Waals surface area contributed by atoms with Crippen LogP contribution in [0.4, 0.5) is 0 Å². The van der Waals surface area contributed by atoms with Crippen LogP contribution in [0.15, 0.2) is 24.3 Å². The minimum atomic E-state index is 0.253. The Bertz CT molecular complexity index is 485. The van der Waals surface area contributed by atoms with E-state index in [-0.39, 0.29) is 5.41 Å². The van der Waals surface area contributed by atoms with Crippen molar-refractivity contribution in [3.8, 4) is 5.75 Å². The van der Waals surface area contributed by atoms with E-state index in [0.717, 1.165) is 18.6 Å². The van der Waals surface area contributed by atoms with Gasteiger partial charge in [0.1, 0.15) is 11.9 Å². The first-order valence-corrected chi connectivity index (χ1v) is 9.31. The average Bonchev–Trinajstić information content (AvgIpc) is 3.00. The van der Waals surface area contributed by atoms with Crippen LogP contribution in [0.1, 0.15) is 64.9 Å². The standard InChI is InChI=1S/C19H27BrO/c1-4-18(2,3)14-7-9-15(10-8-14)21-17-13-16(20)19(17)11-5-6-12-19/h7-10,16-17H,4-6,11-13H2,1-3H3. The Balaban J connectivity index is 1.69. The lowest BCUT2D eigenvalue weighted by Crippen LogP contribution is -2.55. The highest BCUT2D eigenvalue weighted by atomic mass is 79.9. The third-order valence-corrected chi connectivity index (χ3v) is 7.30. The fourth-order valence-corrected chi connectivity index (χ4v) is 4.98. The van der Waals surface area contributed by atoms with Crippen LogP contribution >= 0.6 is 15.9 Å². The second-order valence-electron chi connectivity index (χ2n) is 7.51. The summed E-state index contributed by atoms with van der Waals surface area (Å²) in [6.45, 7) is 6.86. The number of ether oxygens (including phenoxy) is 1. The Kier molecular flexibility index (Phi) is 4.11. The molecule has 2 fully saturated rings. The molecule has 0 saturated heterocycles. The molecule has 2 heteroatoms. The van der Waals surface area contributed by atoms with Crippen molar-refractivity contribution in [3.63, 3.8) is 0 Å². The fourth-order valence-electron chi connectivity index (χ4n) is 3.89. The number of alkyl halides is 1. The quantitative estimate of drug-likeness (QED) is 0.619. The summed E-state index contributed by atoms with van der Waals surface area (Å²) in [5.41, 5.74) is 2.07. The summed E-state index contributed by atoms with van der Waals surface area (Å²) in [7, 11) is 0. The first kappa shape index (κ1) is 15.4. The zero-order chi connectivity index (χ0) is 15.1. The smallest absolute Gasteiger partial charge is 0.119 e. The van der Waals surface area contributed by atoms with Crippen molar-refractivity contribution in [3.05, 3.63) is 29.8 Å². The summed E-state index contributed by atoms with van der Waals surface area (Å²) >= 11 is 3.86. The highest BCUT2D eigenvalue weighted by Crippen LogP contribution is 2.57. The summed E-state index contributed by atoms with van der Waals surface area (Å²) < 4.78 is 6.33. The van der Waals surface area contributed by atoms with Crippen molar-refractivity contribution in [1.29, 1.82) is 0 Å². The molecular weight excluding hydrogens is 324 g/mol. The predicted octanol–water partition coefficient (Wildman–Crippen LogP) is 5.85. The van der Waals surface area contributed by atoms with Crippen molar-refractivity contribution < 1.29 is 4.74 Å². The summed E-state index contributed by atoms with van der Waals surface area (Å²) in [5, 5.41) is 0. The lowest BCUT2D eigenvalue weighted by Gasteiger charge is -2.51. The lowest BCUT2D eigenvalue weighted by atomic mass is 9.64. The van der Waals surface area contributed by atoms with Crippen LogP contribution < -0.4 is 4.74 Å². The normalized spacial score (nSPS) is 27.6. The van der Waals surface area contributed by atoms with Crippen LogP contribution in [0.25, 0.3) is 0 Å². The van der Waals surface area contributed by atoms with Gasteiger partial charge in [0, 0.05) is 10.2 Å². The number of rotatable bonds is 4. The third kappa shape index (κ3) is 2.65. The SMILES string of the molecule is CCC(C)(C)c1ccc(OC2CC(Br)C23CCCC3)cc1. The van der Waals surface area contributed by atoms with Crippen LogP contribution in [0.5, 0.6) is 5.75 Å². The zero-order valence-corrected chi connectivity index (χ0v) is 15.1. The van der Waals surface area contributed by atoms with Gasteiger partial charge in [-0.25, -0.2) is 0 Å². The average molecular weight is 351 g/mol. The molecule has 2 saturated carbocycles. The molecule has 0 heterocycles. The topological polar surface area (TPSA) is 9.23 Å². The first-order chi connectivity index (χ1) is 9.98. The molecule has 0 N–H and O–H groups in total. The van der Waals surface area contributed by atoms with E-state index in [1.54, 1.807) is 0 Å². The van der Waals surface area contributed by atoms with E-state index in [9.17, 15) is 0 Å². The van der Waals surface area contributed by atoms with Gasteiger partial charge < -0.3 is 4.74 Å². The van der Waals surface area contributed by atoms with E-state index < -0.39 is 0 Å². The summed E-state index contributed by atoms with van der Waals surface area (Å²) in [5.74, 6) is 1.04. The Morgan fingerprint density at radius 2 is 1.81 bits per heavy atom. The van der Waals surface area contributed by atoms with Crippen molar-refractivity contribution in [2.24, 2.45) is 5.41 Å². The minimum Gasteiger partial charge on any atom is -0.490 e. The van der Waals surface area contributed by atoms with E-state index in [1.165, 1.54) is 31.2 Å². The molecule has 0 aliphatic heterocycles.